The third kappa shape index (κ3) is 20.3. The highest BCUT2D eigenvalue weighted by atomic mass is 79.9. The zero-order valence-electron chi connectivity index (χ0n) is 80.4. The van der Waals surface area contributed by atoms with E-state index in [1.807, 2.05) is 83.4 Å². The van der Waals surface area contributed by atoms with Crippen LogP contribution >= 0.6 is 66.7 Å². The number of nitrogens with one attached hydrogen (secondary N) is 3. The lowest BCUT2D eigenvalue weighted by Crippen LogP contribution is -2.35. The topological polar surface area (TPSA) is 472 Å². The van der Waals surface area contributed by atoms with E-state index in [1.165, 1.54) is 48.5 Å². The monoisotopic (exact) mass is 2200 g/mol. The van der Waals surface area contributed by atoms with E-state index in [-0.39, 0.29) is 12.4 Å². The van der Waals surface area contributed by atoms with Gasteiger partial charge in [0, 0.05) is 171 Å². The largest absolute Gasteiger partial charge is 0.487 e. The summed E-state index contributed by atoms with van der Waals surface area (Å²) in [5.74, 6) is 2.33. The molecule has 147 heavy (non-hydrogen) atoms. The van der Waals surface area contributed by atoms with Crippen LogP contribution in [0.1, 0.15) is 148 Å². The van der Waals surface area contributed by atoms with Crippen molar-refractivity contribution in [1.82, 2.24) is 73.7 Å². The van der Waals surface area contributed by atoms with Crippen LogP contribution < -0.4 is 51.1 Å². The average molecular weight is 2200 g/mol. The minimum Gasteiger partial charge on any atom is -0.487 e. The molecule has 33 nitrogen and oxygen atoms in total. The molecule has 10 aromatic heterocycles. The van der Waals surface area contributed by atoms with Crippen LogP contribution in [0.2, 0.25) is 15.1 Å². The second kappa shape index (κ2) is 43.2. The van der Waals surface area contributed by atoms with Gasteiger partial charge in [0.05, 0.1) is 69.1 Å². The highest BCUT2D eigenvalue weighted by molar-refractivity contribution is 9.11. The molecule has 13 heterocycles. The van der Waals surface area contributed by atoms with E-state index >= 15 is 0 Å². The lowest BCUT2D eigenvalue weighted by atomic mass is 9.90. The van der Waals surface area contributed by atoms with Crippen molar-refractivity contribution in [1.29, 1.82) is 0 Å². The molecule has 0 spiro atoms. The van der Waals surface area contributed by atoms with E-state index in [4.69, 9.17) is 70.0 Å². The van der Waals surface area contributed by atoms with Crippen LogP contribution in [0.3, 0.4) is 0 Å². The highest BCUT2D eigenvalue weighted by Gasteiger charge is 2.51. The number of benzene rings is 5. The summed E-state index contributed by atoms with van der Waals surface area (Å²) >= 11 is 26.0. The zero-order chi connectivity index (χ0) is 103. The predicted molar refractivity (Wildman–Crippen MR) is 554 cm³/mol. The number of rotatable bonds is 16. The van der Waals surface area contributed by atoms with Crippen LogP contribution in [0, 0.1) is 45.1 Å². The Morgan fingerprint density at radius 3 is 1.39 bits per heavy atom. The number of nitrogens with zero attached hydrogens (tertiary/aromatic N) is 12. The summed E-state index contributed by atoms with van der Waals surface area (Å²) in [4.78, 5) is 30.3. The van der Waals surface area contributed by atoms with Gasteiger partial charge in [-0.3, -0.25) is 0 Å². The molecule has 0 amide bonds. The van der Waals surface area contributed by atoms with Crippen molar-refractivity contribution >= 4 is 133 Å². The number of nitrogen functional groups attached to an aromatic ring is 2. The molecule has 0 bridgehead atoms. The molecule has 774 valence electrons. The van der Waals surface area contributed by atoms with Crippen molar-refractivity contribution in [3.8, 4) is 28.7 Å². The summed E-state index contributed by atoms with van der Waals surface area (Å²) in [5, 5.41) is 132. The summed E-state index contributed by atoms with van der Waals surface area (Å²) in [7, 11) is 0. The van der Waals surface area contributed by atoms with Crippen LogP contribution in [-0.2, 0) is 58.3 Å². The molecule has 5 saturated carbocycles. The zero-order valence-corrected chi connectivity index (χ0v) is 85.9. The van der Waals surface area contributed by atoms with Crippen LogP contribution in [-0.4, -0.2) is 225 Å². The average Bonchev–Trinajstić information content (AvgIpc) is 1.62. The fourth-order valence-corrected chi connectivity index (χ4v) is 24.5. The molecule has 18 N–H and O–H groups in total. The Balaban J connectivity index is 0.000000112. The van der Waals surface area contributed by atoms with Crippen molar-refractivity contribution in [2.24, 2.45) is 0 Å². The lowest BCUT2D eigenvalue weighted by molar-refractivity contribution is -0.0168. The molecule has 9 aliphatic rings. The number of fused-ring (bicyclic) bond motifs is 9. The Labute approximate surface area is 873 Å². The molecular formula is C106H113Br2Cl3F3N17O16. The van der Waals surface area contributed by atoms with Gasteiger partial charge in [0.1, 0.15) is 172 Å². The van der Waals surface area contributed by atoms with Gasteiger partial charge in [0.25, 0.3) is 0 Å². The number of aryl methyl sites for hydroxylation is 4. The Morgan fingerprint density at radius 1 is 0.408 bits per heavy atom. The number of aliphatic hydroxyl groups excluding tert-OH is 11. The Kier molecular flexibility index (Phi) is 30.3. The SMILES string of the molecule is Cc1cc2c(c(OC3CC(n4cc(F)c5cnc(C)nc54)[C@H](O)[C@@H]3O)c1)CNCC2.Cc1ccnc2c1ccn2C1CC(Oc2ccc(F)cc2CO)[C@@H](O)[C@H]1O.Cc1ncnc2c1c(Br)cn2C1CC(Oc2ccc(F)c3c2CCCC3)[C@@H](O)[C@H]1O.Nc1ccnc2c1c(Br)cn2C1CC(Oc2cc(Cl)cc3c2CNCC3)[C@@H](O)[C@H]1O.Nc1ccnc2c1c(Cl)cn2C1CC(Oc2cc(Cl)cc3c2CNCC3)[C@@H](O)[C@H]1O. The molecule has 20 atom stereocenters. The number of hydrogen-bond acceptors (Lipinski definition) is 28. The highest BCUT2D eigenvalue weighted by Crippen LogP contribution is 2.48. The first-order valence-electron chi connectivity index (χ1n) is 49.2. The van der Waals surface area contributed by atoms with E-state index in [0.717, 1.165) is 150 Å². The molecule has 3 aliphatic heterocycles. The van der Waals surface area contributed by atoms with Crippen molar-refractivity contribution in [3.63, 3.8) is 0 Å². The number of halogens is 8. The van der Waals surface area contributed by atoms with E-state index < -0.39 is 133 Å². The number of ether oxygens (including phenoxy) is 5. The normalized spacial score (nSPS) is 26.0. The maximum atomic E-state index is 14.4. The molecule has 5 aromatic carbocycles. The van der Waals surface area contributed by atoms with Gasteiger partial charge in [-0.05, 0) is 242 Å². The minimum atomic E-state index is -1.12. The molecule has 41 heteroatoms. The maximum absolute atomic E-state index is 14.4. The van der Waals surface area contributed by atoms with Crippen LogP contribution in [0.15, 0.2) is 162 Å². The van der Waals surface area contributed by atoms with Gasteiger partial charge in [-0.1, -0.05) is 40.9 Å². The second-order valence-electron chi connectivity index (χ2n) is 39.2. The predicted octanol–water partition coefficient (Wildman–Crippen LogP) is 13.2. The Bertz CT molecular complexity index is 7150. The number of aromatic nitrogens is 12. The molecule has 24 rings (SSSR count). The molecule has 15 aromatic rings. The Hall–Kier alpha value is -10.9. The summed E-state index contributed by atoms with van der Waals surface area (Å²) in [6.07, 6.45) is 10.8. The van der Waals surface area contributed by atoms with Crippen LogP contribution in [0.5, 0.6) is 28.7 Å². The number of aliphatic hydroxyl groups is 11. The number of pyridine rings is 3. The maximum Gasteiger partial charge on any atom is 0.151 e. The summed E-state index contributed by atoms with van der Waals surface area (Å²) in [6.45, 7) is 12.1. The van der Waals surface area contributed by atoms with E-state index in [0.29, 0.717) is 152 Å². The van der Waals surface area contributed by atoms with Crippen molar-refractivity contribution in [2.45, 2.75) is 253 Å². The summed E-state index contributed by atoms with van der Waals surface area (Å²) in [6, 6.07) is 23.6. The van der Waals surface area contributed by atoms with E-state index in [2.05, 4.69) is 88.8 Å². The third-order valence-corrected chi connectivity index (χ3v) is 31.9. The van der Waals surface area contributed by atoms with Gasteiger partial charge < -0.3 is 130 Å². The summed E-state index contributed by atoms with van der Waals surface area (Å²) < 4.78 is 83.3. The number of hydrogen-bond donors (Lipinski definition) is 16. The molecule has 5 fully saturated rings. The van der Waals surface area contributed by atoms with E-state index in [9.17, 15) is 69.3 Å². The Morgan fingerprint density at radius 2 is 0.850 bits per heavy atom. The fourth-order valence-electron chi connectivity index (χ4n) is 22.4. The van der Waals surface area contributed by atoms with Gasteiger partial charge in [0.2, 0.25) is 0 Å². The second-order valence-corrected chi connectivity index (χ2v) is 42.2. The van der Waals surface area contributed by atoms with Gasteiger partial charge in [-0.15, -0.1) is 0 Å². The first-order chi connectivity index (χ1) is 70.7. The minimum absolute atomic E-state index is 0.194. The molecule has 0 radical (unpaired) electrons. The molecular weight excluding hydrogens is 2090 g/mol. The first kappa shape index (κ1) is 103. The standard InChI is InChI=1S/C22H23BrFN3O3.C22H25FN4O3.C21H22BrClN4O3.C21H22Cl2N4O3.C20H21FN2O4/c1-11-19-14(23)9-27(22(19)26-10-25-11)16-8-18(21(29)20(16)28)30-17-7-6-15(24)12-4-2-3-5-13(12)17;1-11-5-13-3-4-24-8-14(13)18(6-11)30-19-7-17(20(28)21(19)29)27-10-16(23)15-9-25-12(2)26-22(15)27;22-13-9-27(21-18(13)14(24)2-4-26-21)15-7-17(20(29)19(15)28)30-16-6-11(23)5-10-1-3-25-8-12(10)16;22-11-5-10-1-3-25-8-12(10)16(6-11)30-17-7-15(19(28)20(17)29)27-9-13(23)18-14(24)2-4-26-21(18)27;1-11-4-6-22-20-14(11)5-7-23(20)15-9-17(19(26)18(15)25)27-16-3-2-13(21)8-12(16)10-24/h6-7,9-10,16,18,20-21,28-29H,2-5,8H2,1H3;5-6,9-10,17,19-21,24,28-29H,3-4,7-8H2,1-2H3;2*2,4-6,9,15,17,19-20,25,28-29H,1,3,7-8H2,(H2,24,26);2-8,15,17-19,24-26H,9-10H2,1H3/t16?,18?,20-,21+;17?,19?,20-,21+;2*15?,17?,19-,20+;15?,17?,18-,19+/m00000/s1. The molecule has 0 saturated heterocycles. The lowest BCUT2D eigenvalue weighted by Gasteiger charge is -2.25. The summed E-state index contributed by atoms with van der Waals surface area (Å²) in [5.41, 5.74) is 28.0. The van der Waals surface area contributed by atoms with E-state index in [1.54, 1.807) is 71.2 Å². The first-order valence-corrected chi connectivity index (χ1v) is 51.9. The van der Waals surface area contributed by atoms with Crippen molar-refractivity contribution in [2.75, 3.05) is 31.1 Å². The smallest absolute Gasteiger partial charge is 0.151 e. The molecule has 10 unspecified atom stereocenters. The molecule has 6 aliphatic carbocycles. The third-order valence-electron chi connectivity index (χ3n) is 30.0. The van der Waals surface area contributed by atoms with Gasteiger partial charge >= 0.3 is 0 Å². The van der Waals surface area contributed by atoms with Crippen molar-refractivity contribution < 1.29 is 93.0 Å². The fraction of sp³-hybridized carbons (Fsp3) is 0.406. The number of nitrogens with two attached hydrogens (primary N) is 2. The number of anilines is 2. The van der Waals surface area contributed by atoms with Gasteiger partial charge in [-0.25, -0.2) is 48.1 Å². The van der Waals surface area contributed by atoms with Gasteiger partial charge in [0.15, 0.2) is 5.82 Å². The quantitative estimate of drug-likeness (QED) is 0.0427. The van der Waals surface area contributed by atoms with Crippen LogP contribution in [0.25, 0.3) is 55.2 Å². The van der Waals surface area contributed by atoms with Crippen molar-refractivity contribution in [3.05, 3.63) is 267 Å². The van der Waals surface area contributed by atoms with Crippen LogP contribution in [0.4, 0.5) is 24.5 Å². The van der Waals surface area contributed by atoms with Gasteiger partial charge in [-0.2, -0.15) is 0 Å².